The smallest absolute Gasteiger partial charge is 0.122 e. The minimum atomic E-state index is 0.288. The molecule has 1 aliphatic rings. The highest BCUT2D eigenvalue weighted by atomic mass is 16.5. The fraction of sp³-hybridized carbons (Fsp3) is 0.455. The second-order valence-electron chi connectivity index (χ2n) is 3.61. The van der Waals surface area contributed by atoms with Crippen LogP contribution in [0.25, 0.3) is 0 Å². The van der Waals surface area contributed by atoms with Gasteiger partial charge in [0.2, 0.25) is 0 Å². The van der Waals surface area contributed by atoms with E-state index >= 15 is 0 Å². The minimum absolute atomic E-state index is 0.288. The monoisotopic (exact) mass is 193 g/mol. The fourth-order valence-electron chi connectivity index (χ4n) is 1.70. The lowest BCUT2D eigenvalue weighted by atomic mass is 10.1. The predicted molar refractivity (Wildman–Crippen MR) is 54.9 cm³/mol. The molecule has 0 saturated heterocycles. The molecule has 1 aromatic rings. The molecule has 0 bridgehead atoms. The molecule has 0 aliphatic heterocycles. The molecule has 2 unspecified atom stereocenters. The van der Waals surface area contributed by atoms with Crippen molar-refractivity contribution in [3.05, 3.63) is 23.8 Å². The zero-order valence-electron chi connectivity index (χ0n) is 8.49. The highest BCUT2D eigenvalue weighted by molar-refractivity contribution is 5.45. The van der Waals surface area contributed by atoms with Crippen molar-refractivity contribution < 1.29 is 9.47 Å². The van der Waals surface area contributed by atoms with Crippen LogP contribution in [0.3, 0.4) is 0 Å². The molecule has 0 heterocycles. The van der Waals surface area contributed by atoms with Crippen molar-refractivity contribution in [2.45, 2.75) is 18.4 Å². The average Bonchev–Trinajstić information content (AvgIpc) is 2.94. The van der Waals surface area contributed by atoms with Crippen molar-refractivity contribution in [3.63, 3.8) is 0 Å². The molecule has 0 spiro atoms. The molecule has 2 atom stereocenters. The van der Waals surface area contributed by atoms with Crippen LogP contribution in [-0.2, 0) is 0 Å². The van der Waals surface area contributed by atoms with Gasteiger partial charge in [0.15, 0.2) is 0 Å². The van der Waals surface area contributed by atoms with Gasteiger partial charge in [0.05, 0.1) is 14.2 Å². The predicted octanol–water partition coefficient (Wildman–Crippen LogP) is 1.52. The third-order valence-corrected chi connectivity index (χ3v) is 2.68. The van der Waals surface area contributed by atoms with Crippen LogP contribution in [-0.4, -0.2) is 20.3 Å². The quantitative estimate of drug-likeness (QED) is 0.791. The fourth-order valence-corrected chi connectivity index (χ4v) is 1.70. The average molecular weight is 193 g/mol. The Kier molecular flexibility index (Phi) is 2.33. The van der Waals surface area contributed by atoms with Gasteiger partial charge in [-0.05, 0) is 24.6 Å². The summed E-state index contributed by atoms with van der Waals surface area (Å²) in [6, 6.07) is 6.13. The van der Waals surface area contributed by atoms with Gasteiger partial charge in [0.1, 0.15) is 11.5 Å². The lowest BCUT2D eigenvalue weighted by Gasteiger charge is -2.09. The van der Waals surface area contributed by atoms with Gasteiger partial charge in [-0.15, -0.1) is 0 Å². The molecule has 1 saturated carbocycles. The Hall–Kier alpha value is -1.22. The van der Waals surface area contributed by atoms with Crippen molar-refractivity contribution in [1.82, 2.24) is 0 Å². The Morgan fingerprint density at radius 2 is 2.00 bits per heavy atom. The van der Waals surface area contributed by atoms with Gasteiger partial charge in [-0.3, -0.25) is 0 Å². The van der Waals surface area contributed by atoms with Crippen LogP contribution in [0.5, 0.6) is 11.5 Å². The van der Waals surface area contributed by atoms with Crippen LogP contribution < -0.4 is 15.2 Å². The Balaban J connectivity index is 2.33. The molecule has 14 heavy (non-hydrogen) atoms. The molecule has 1 aromatic carbocycles. The summed E-state index contributed by atoms with van der Waals surface area (Å²) in [4.78, 5) is 0. The number of nitrogens with two attached hydrogens (primary N) is 1. The summed E-state index contributed by atoms with van der Waals surface area (Å²) in [7, 11) is 3.34. The third-order valence-electron chi connectivity index (χ3n) is 2.68. The van der Waals surface area contributed by atoms with Crippen LogP contribution >= 0.6 is 0 Å². The summed E-state index contributed by atoms with van der Waals surface area (Å²) in [5.41, 5.74) is 6.98. The number of methoxy groups -OCH3 is 2. The van der Waals surface area contributed by atoms with E-state index in [0.29, 0.717) is 5.92 Å². The van der Waals surface area contributed by atoms with E-state index in [1.165, 1.54) is 5.56 Å². The first-order valence-electron chi connectivity index (χ1n) is 4.73. The second kappa shape index (κ2) is 3.50. The maximum atomic E-state index is 5.82. The molecule has 3 nitrogen and oxygen atoms in total. The normalized spacial score (nSPS) is 24.5. The van der Waals surface area contributed by atoms with Gasteiger partial charge >= 0.3 is 0 Å². The molecule has 0 aromatic heterocycles. The van der Waals surface area contributed by atoms with Crippen molar-refractivity contribution in [2.75, 3.05) is 14.2 Å². The van der Waals surface area contributed by atoms with Crippen molar-refractivity contribution >= 4 is 0 Å². The number of rotatable bonds is 3. The molecule has 1 aliphatic carbocycles. The van der Waals surface area contributed by atoms with Crippen molar-refractivity contribution in [1.29, 1.82) is 0 Å². The number of ether oxygens (including phenoxy) is 2. The van der Waals surface area contributed by atoms with E-state index in [1.54, 1.807) is 14.2 Å². The van der Waals surface area contributed by atoms with Crippen LogP contribution in [0.2, 0.25) is 0 Å². The first-order chi connectivity index (χ1) is 6.76. The zero-order chi connectivity index (χ0) is 10.1. The zero-order valence-corrected chi connectivity index (χ0v) is 8.49. The lowest BCUT2D eigenvalue weighted by Crippen LogP contribution is -2.02. The molecule has 2 rings (SSSR count). The number of hydrogen-bond acceptors (Lipinski definition) is 3. The molecular weight excluding hydrogens is 178 g/mol. The van der Waals surface area contributed by atoms with Gasteiger partial charge in [0.25, 0.3) is 0 Å². The topological polar surface area (TPSA) is 44.5 Å². The molecule has 76 valence electrons. The van der Waals surface area contributed by atoms with E-state index in [4.69, 9.17) is 15.2 Å². The third kappa shape index (κ3) is 1.55. The molecule has 3 heteroatoms. The van der Waals surface area contributed by atoms with Crippen molar-refractivity contribution in [3.8, 4) is 11.5 Å². The standard InChI is InChI=1S/C11H15NO2/c1-13-7-3-4-11(14-2)9(5-7)8-6-10(8)12/h3-5,8,10H,6,12H2,1-2H3. The van der Waals surface area contributed by atoms with Gasteiger partial charge in [-0.2, -0.15) is 0 Å². The van der Waals surface area contributed by atoms with E-state index in [2.05, 4.69) is 0 Å². The van der Waals surface area contributed by atoms with E-state index in [9.17, 15) is 0 Å². The second-order valence-corrected chi connectivity index (χ2v) is 3.61. The van der Waals surface area contributed by atoms with Gasteiger partial charge in [-0.1, -0.05) is 0 Å². The molecule has 2 N–H and O–H groups in total. The summed E-state index contributed by atoms with van der Waals surface area (Å²) in [5, 5.41) is 0. The highest BCUT2D eigenvalue weighted by Gasteiger charge is 2.37. The lowest BCUT2D eigenvalue weighted by molar-refractivity contribution is 0.398. The largest absolute Gasteiger partial charge is 0.497 e. The summed E-state index contributed by atoms with van der Waals surface area (Å²) in [6.45, 7) is 0. The molecule has 1 fully saturated rings. The van der Waals surface area contributed by atoms with Gasteiger partial charge in [0, 0.05) is 17.5 Å². The van der Waals surface area contributed by atoms with Gasteiger partial charge < -0.3 is 15.2 Å². The van der Waals surface area contributed by atoms with Crippen LogP contribution in [0, 0.1) is 0 Å². The minimum Gasteiger partial charge on any atom is -0.497 e. The van der Waals surface area contributed by atoms with E-state index in [1.807, 2.05) is 18.2 Å². The van der Waals surface area contributed by atoms with Crippen molar-refractivity contribution in [2.24, 2.45) is 5.73 Å². The number of hydrogen-bond donors (Lipinski definition) is 1. The maximum absolute atomic E-state index is 5.82. The molecule has 0 amide bonds. The first kappa shape index (κ1) is 9.34. The van der Waals surface area contributed by atoms with Gasteiger partial charge in [-0.25, -0.2) is 0 Å². The summed E-state index contributed by atoms with van der Waals surface area (Å²) >= 11 is 0. The highest BCUT2D eigenvalue weighted by Crippen LogP contribution is 2.44. The Morgan fingerprint density at radius 1 is 1.29 bits per heavy atom. The summed E-state index contributed by atoms with van der Waals surface area (Å²) < 4.78 is 10.5. The SMILES string of the molecule is COc1ccc(OC)c(C2CC2N)c1. The number of benzene rings is 1. The maximum Gasteiger partial charge on any atom is 0.122 e. The van der Waals surface area contributed by atoms with Crippen LogP contribution in [0.15, 0.2) is 18.2 Å². The Bertz CT molecular complexity index is 338. The molecule has 0 radical (unpaired) electrons. The van der Waals surface area contributed by atoms with Crippen LogP contribution in [0.1, 0.15) is 17.9 Å². The summed E-state index contributed by atoms with van der Waals surface area (Å²) in [6.07, 6.45) is 1.05. The van der Waals surface area contributed by atoms with E-state index in [-0.39, 0.29) is 6.04 Å². The summed E-state index contributed by atoms with van der Waals surface area (Å²) in [5.74, 6) is 2.21. The van der Waals surface area contributed by atoms with Crippen LogP contribution in [0.4, 0.5) is 0 Å². The first-order valence-corrected chi connectivity index (χ1v) is 4.73. The molecular formula is C11H15NO2. The Morgan fingerprint density at radius 3 is 2.50 bits per heavy atom. The van der Waals surface area contributed by atoms with E-state index in [0.717, 1.165) is 17.9 Å². The van der Waals surface area contributed by atoms with E-state index < -0.39 is 0 Å². The Labute approximate surface area is 83.8 Å².